The molecule has 1 N–H and O–H groups in total. The van der Waals surface area contributed by atoms with Gasteiger partial charge in [0.1, 0.15) is 5.84 Å². The lowest BCUT2D eigenvalue weighted by Gasteiger charge is -2.43. The minimum absolute atomic E-state index is 0.182. The van der Waals surface area contributed by atoms with Crippen molar-refractivity contribution in [3.05, 3.63) is 11.6 Å². The summed E-state index contributed by atoms with van der Waals surface area (Å²) in [7, 11) is 2.13. The predicted molar refractivity (Wildman–Crippen MR) is 78.3 cm³/mol. The molecule has 106 valence electrons. The summed E-state index contributed by atoms with van der Waals surface area (Å²) in [4.78, 5) is 19.2. The molecule has 2 fully saturated rings. The number of amidine groups is 1. The summed E-state index contributed by atoms with van der Waals surface area (Å²) in [5.74, 6) is 0.986. The lowest BCUT2D eigenvalue weighted by Crippen LogP contribution is -2.54. The average molecular weight is 263 g/mol. The quantitative estimate of drug-likeness (QED) is 0.828. The van der Waals surface area contributed by atoms with Gasteiger partial charge in [-0.25, -0.2) is 0 Å². The Morgan fingerprint density at radius 1 is 1.37 bits per heavy atom. The van der Waals surface area contributed by atoms with Gasteiger partial charge < -0.3 is 10.2 Å². The monoisotopic (exact) mass is 263 g/mol. The van der Waals surface area contributed by atoms with Gasteiger partial charge in [-0.2, -0.15) is 0 Å². The van der Waals surface area contributed by atoms with Crippen LogP contribution in [0.2, 0.25) is 0 Å². The molecule has 0 radical (unpaired) electrons. The van der Waals surface area contributed by atoms with Gasteiger partial charge in [0.25, 0.3) is 0 Å². The molecule has 0 aromatic heterocycles. The highest BCUT2D eigenvalue weighted by molar-refractivity contribution is 6.12. The Balaban J connectivity index is 2.23. The Labute approximate surface area is 116 Å². The maximum Gasteiger partial charge on any atom is 0.232 e. The fraction of sp³-hybridized carbons (Fsp3) is 0.733. The standard InChI is InChI=1S/C15H25N3O/c1-4-6-12-11-15(7-9-18(3)10-8-15)14(19)17-13(12)16-5-2/h6H,4-5,7-11H2,1-3H3,(H,16,17,19)/b12-6-. The van der Waals surface area contributed by atoms with E-state index in [4.69, 9.17) is 0 Å². The number of carbonyl (C=O) groups excluding carboxylic acids is 1. The van der Waals surface area contributed by atoms with Crippen LogP contribution in [0.5, 0.6) is 0 Å². The predicted octanol–water partition coefficient (Wildman–Crippen LogP) is 1.97. The molecule has 2 aliphatic rings. The number of nitrogens with one attached hydrogen (secondary N) is 1. The van der Waals surface area contributed by atoms with Crippen LogP contribution in [-0.2, 0) is 4.79 Å². The molecule has 0 aromatic carbocycles. The fourth-order valence-corrected chi connectivity index (χ4v) is 3.01. The van der Waals surface area contributed by atoms with Gasteiger partial charge in [0.15, 0.2) is 0 Å². The van der Waals surface area contributed by atoms with E-state index < -0.39 is 0 Å². The van der Waals surface area contributed by atoms with Crippen molar-refractivity contribution in [2.75, 3.05) is 26.7 Å². The summed E-state index contributed by atoms with van der Waals surface area (Å²) < 4.78 is 0. The van der Waals surface area contributed by atoms with E-state index in [-0.39, 0.29) is 11.3 Å². The minimum Gasteiger partial charge on any atom is -0.310 e. The highest BCUT2D eigenvalue weighted by Crippen LogP contribution is 2.40. The largest absolute Gasteiger partial charge is 0.310 e. The van der Waals surface area contributed by atoms with Crippen LogP contribution in [0, 0.1) is 5.41 Å². The lowest BCUT2D eigenvalue weighted by atomic mass is 9.70. The smallest absolute Gasteiger partial charge is 0.232 e. The van der Waals surface area contributed by atoms with Crippen LogP contribution >= 0.6 is 0 Å². The highest BCUT2D eigenvalue weighted by atomic mass is 16.2. The molecule has 2 saturated heterocycles. The first-order valence-electron chi connectivity index (χ1n) is 7.35. The zero-order chi connectivity index (χ0) is 13.9. The number of carbonyl (C=O) groups is 1. The third kappa shape index (κ3) is 2.89. The Hall–Kier alpha value is -1.16. The number of likely N-dealkylation sites (tertiary alicyclic amines) is 1. The second-order valence-electron chi connectivity index (χ2n) is 5.68. The highest BCUT2D eigenvalue weighted by Gasteiger charge is 2.45. The van der Waals surface area contributed by atoms with Crippen LogP contribution in [-0.4, -0.2) is 43.3 Å². The summed E-state index contributed by atoms with van der Waals surface area (Å²) in [5.41, 5.74) is 1.04. The van der Waals surface area contributed by atoms with Gasteiger partial charge in [0.2, 0.25) is 5.91 Å². The van der Waals surface area contributed by atoms with Gasteiger partial charge in [-0.1, -0.05) is 13.0 Å². The number of amides is 1. The Bertz CT molecular complexity index is 404. The van der Waals surface area contributed by atoms with Crippen LogP contribution in [0.15, 0.2) is 16.6 Å². The van der Waals surface area contributed by atoms with Crippen molar-refractivity contribution >= 4 is 11.7 Å². The van der Waals surface area contributed by atoms with Crippen LogP contribution in [0.3, 0.4) is 0 Å². The molecule has 1 amide bonds. The molecular formula is C15H25N3O. The number of aliphatic imine (C=N–C) groups is 1. The summed E-state index contributed by atoms with van der Waals surface area (Å²) in [5, 5.41) is 3.05. The van der Waals surface area contributed by atoms with Gasteiger partial charge >= 0.3 is 0 Å². The van der Waals surface area contributed by atoms with E-state index in [9.17, 15) is 4.79 Å². The Morgan fingerprint density at radius 2 is 2.05 bits per heavy atom. The van der Waals surface area contributed by atoms with Crippen molar-refractivity contribution in [1.82, 2.24) is 10.2 Å². The number of piperidine rings is 2. The molecular weight excluding hydrogens is 238 g/mol. The van der Waals surface area contributed by atoms with Crippen LogP contribution in [0.1, 0.15) is 39.5 Å². The van der Waals surface area contributed by atoms with E-state index in [0.29, 0.717) is 6.54 Å². The van der Waals surface area contributed by atoms with Gasteiger partial charge in [0, 0.05) is 6.54 Å². The topological polar surface area (TPSA) is 44.7 Å². The fourth-order valence-electron chi connectivity index (χ4n) is 3.01. The molecule has 0 unspecified atom stereocenters. The maximum absolute atomic E-state index is 12.5. The lowest BCUT2D eigenvalue weighted by molar-refractivity contribution is -0.132. The van der Waals surface area contributed by atoms with Gasteiger partial charge in [-0.05, 0) is 58.3 Å². The van der Waals surface area contributed by atoms with E-state index in [2.05, 4.69) is 35.3 Å². The first-order chi connectivity index (χ1) is 9.11. The van der Waals surface area contributed by atoms with Crippen molar-refractivity contribution in [3.8, 4) is 0 Å². The van der Waals surface area contributed by atoms with Crippen molar-refractivity contribution in [2.24, 2.45) is 10.4 Å². The molecule has 0 aliphatic carbocycles. The van der Waals surface area contributed by atoms with Gasteiger partial charge in [0.05, 0.1) is 5.41 Å². The van der Waals surface area contributed by atoms with E-state index in [1.165, 1.54) is 5.57 Å². The Kier molecular flexibility index (Phi) is 4.40. The third-order valence-corrected chi connectivity index (χ3v) is 4.26. The van der Waals surface area contributed by atoms with E-state index >= 15 is 0 Å². The van der Waals surface area contributed by atoms with Gasteiger partial charge in [-0.15, -0.1) is 0 Å². The minimum atomic E-state index is -0.194. The molecule has 4 nitrogen and oxygen atoms in total. The Morgan fingerprint density at radius 3 is 2.63 bits per heavy atom. The number of hydrogen-bond donors (Lipinski definition) is 1. The molecule has 0 aromatic rings. The zero-order valence-electron chi connectivity index (χ0n) is 12.3. The van der Waals surface area contributed by atoms with Crippen molar-refractivity contribution in [3.63, 3.8) is 0 Å². The second kappa shape index (κ2) is 5.87. The molecule has 0 atom stereocenters. The summed E-state index contributed by atoms with van der Waals surface area (Å²) in [6, 6.07) is 0. The molecule has 0 saturated carbocycles. The van der Waals surface area contributed by atoms with Crippen molar-refractivity contribution < 1.29 is 4.79 Å². The van der Waals surface area contributed by atoms with Crippen molar-refractivity contribution in [1.29, 1.82) is 0 Å². The first kappa shape index (κ1) is 14.3. The summed E-state index contributed by atoms with van der Waals surface area (Å²) >= 11 is 0. The van der Waals surface area contributed by atoms with Crippen LogP contribution < -0.4 is 5.32 Å². The van der Waals surface area contributed by atoms with E-state index in [1.807, 2.05) is 6.92 Å². The molecule has 1 spiro atoms. The molecule has 2 rings (SSSR count). The zero-order valence-corrected chi connectivity index (χ0v) is 12.3. The first-order valence-corrected chi connectivity index (χ1v) is 7.35. The second-order valence-corrected chi connectivity index (χ2v) is 5.68. The number of allylic oxidation sites excluding steroid dienone is 1. The van der Waals surface area contributed by atoms with E-state index in [0.717, 1.165) is 44.6 Å². The molecule has 2 aliphatic heterocycles. The van der Waals surface area contributed by atoms with Crippen LogP contribution in [0.25, 0.3) is 0 Å². The van der Waals surface area contributed by atoms with Crippen molar-refractivity contribution in [2.45, 2.75) is 39.5 Å². The molecule has 19 heavy (non-hydrogen) atoms. The van der Waals surface area contributed by atoms with Gasteiger partial charge in [-0.3, -0.25) is 9.79 Å². The SMILES string of the molecule is CC/C=C1/CC2(CCN(C)CC2)C(=O)NC1=NCC. The van der Waals surface area contributed by atoms with Crippen LogP contribution in [0.4, 0.5) is 0 Å². The number of hydrogen-bond acceptors (Lipinski definition) is 3. The molecule has 4 heteroatoms. The summed E-state index contributed by atoms with van der Waals surface area (Å²) in [6.07, 6.45) is 5.98. The van der Waals surface area contributed by atoms with E-state index in [1.54, 1.807) is 0 Å². The number of rotatable bonds is 2. The number of nitrogens with zero attached hydrogens (tertiary/aromatic N) is 2. The normalized spacial score (nSPS) is 28.1. The maximum atomic E-state index is 12.5. The molecule has 2 heterocycles. The summed E-state index contributed by atoms with van der Waals surface area (Å²) in [6.45, 7) is 6.86. The molecule has 0 bridgehead atoms. The average Bonchev–Trinajstić information content (AvgIpc) is 2.39. The third-order valence-electron chi connectivity index (χ3n) is 4.26.